The van der Waals surface area contributed by atoms with E-state index in [0.717, 1.165) is 5.56 Å². The topological polar surface area (TPSA) is 96.4 Å². The van der Waals surface area contributed by atoms with Crippen LogP contribution in [0.2, 0.25) is 5.02 Å². The predicted molar refractivity (Wildman–Crippen MR) is 129 cm³/mol. The van der Waals surface area contributed by atoms with Crippen molar-refractivity contribution >= 4 is 35.1 Å². The molecule has 2 saturated heterocycles. The van der Waals surface area contributed by atoms with Crippen molar-refractivity contribution in [3.05, 3.63) is 53.1 Å². The molecule has 5 rings (SSSR count). The number of hydrogen-bond acceptors (Lipinski definition) is 6. The van der Waals surface area contributed by atoms with Gasteiger partial charge in [0.25, 0.3) is 5.91 Å². The van der Waals surface area contributed by atoms with Gasteiger partial charge in [0.2, 0.25) is 5.91 Å². The Balaban J connectivity index is 1.68. The van der Waals surface area contributed by atoms with Gasteiger partial charge in [-0.2, -0.15) is 0 Å². The predicted octanol–water partition coefficient (Wildman–Crippen LogP) is 2.41. The second-order valence-corrected chi connectivity index (χ2v) is 9.88. The molecule has 2 amide bonds. The van der Waals surface area contributed by atoms with Gasteiger partial charge in [-0.05, 0) is 31.4 Å². The zero-order valence-corrected chi connectivity index (χ0v) is 20.5. The van der Waals surface area contributed by atoms with E-state index in [1.54, 1.807) is 29.2 Å². The summed E-state index contributed by atoms with van der Waals surface area (Å²) in [6.07, 6.45) is 7.54. The number of nitrogens with zero attached hydrogens (tertiary/aromatic N) is 2. The molecule has 1 aromatic rings. The molecule has 0 saturated carbocycles. The lowest BCUT2D eigenvalue weighted by Crippen LogP contribution is -2.58. The van der Waals surface area contributed by atoms with Crippen molar-refractivity contribution in [2.45, 2.75) is 50.5 Å². The average molecular weight is 501 g/mol. The number of fused-ring (bicyclic) bond motifs is 2. The summed E-state index contributed by atoms with van der Waals surface area (Å²) in [4.78, 5) is 44.4. The van der Waals surface area contributed by atoms with Crippen molar-refractivity contribution in [3.8, 4) is 0 Å². The zero-order chi connectivity index (χ0) is 24.9. The number of carbonyl (C=O) groups is 3. The Morgan fingerprint density at radius 2 is 2.03 bits per heavy atom. The van der Waals surface area contributed by atoms with Gasteiger partial charge in [-0.1, -0.05) is 55.0 Å². The van der Waals surface area contributed by atoms with Gasteiger partial charge in [0, 0.05) is 6.54 Å². The van der Waals surface area contributed by atoms with E-state index in [9.17, 15) is 19.5 Å². The van der Waals surface area contributed by atoms with Crippen LogP contribution >= 0.6 is 11.6 Å². The minimum Gasteiger partial charge on any atom is -0.465 e. The van der Waals surface area contributed by atoms with Crippen LogP contribution in [-0.2, 0) is 23.9 Å². The monoisotopic (exact) mass is 500 g/mol. The van der Waals surface area contributed by atoms with Crippen LogP contribution < -0.4 is 4.90 Å². The maximum absolute atomic E-state index is 14.3. The van der Waals surface area contributed by atoms with Crippen LogP contribution in [0.25, 0.3) is 0 Å². The Hall–Kier alpha value is -2.68. The van der Waals surface area contributed by atoms with Gasteiger partial charge in [-0.3, -0.25) is 14.4 Å². The summed E-state index contributed by atoms with van der Waals surface area (Å²) in [5, 5.41) is 10.6. The fraction of sp³-hybridized carbons (Fsp3) is 0.500. The molecule has 1 N–H and O–H groups in total. The summed E-state index contributed by atoms with van der Waals surface area (Å²) in [5.41, 5.74) is 0.0124. The molecule has 1 spiro atoms. The first kappa shape index (κ1) is 24.0. The van der Waals surface area contributed by atoms with Crippen LogP contribution in [-0.4, -0.2) is 71.3 Å². The Kier molecular flexibility index (Phi) is 6.23. The van der Waals surface area contributed by atoms with E-state index in [1.165, 1.54) is 4.90 Å². The van der Waals surface area contributed by atoms with Crippen molar-refractivity contribution in [1.82, 2.24) is 4.90 Å². The summed E-state index contributed by atoms with van der Waals surface area (Å²) in [7, 11) is 0. The number of likely N-dealkylation sites (tertiary alicyclic amines) is 1. The summed E-state index contributed by atoms with van der Waals surface area (Å²) < 4.78 is 12.0. The lowest BCUT2D eigenvalue weighted by Gasteiger charge is -2.38. The quantitative estimate of drug-likeness (QED) is 0.504. The standard InChI is InChI=1S/C26H29ClN2O6/c1-3-16(14-30)29-22-24(32)28(21-15(2)8-6-9-17(21)27)12-7-11-26(22)20(23(29)31)19-18(35-26)10-4-5-13-34-25(19)33/h4,6-11,16,18-20,22,30H,3,5,12-14H2,1-2H3/t16-,18-,19+,20-,22?,26-/m0/s1. The van der Waals surface area contributed by atoms with E-state index in [1.807, 2.05) is 32.1 Å². The number of hydrogen-bond donors (Lipinski definition) is 1. The number of ether oxygens (including phenoxy) is 2. The summed E-state index contributed by atoms with van der Waals surface area (Å²) >= 11 is 6.53. The molecule has 0 radical (unpaired) electrons. The van der Waals surface area contributed by atoms with Crippen molar-refractivity contribution < 1.29 is 29.0 Å². The smallest absolute Gasteiger partial charge is 0.312 e. The van der Waals surface area contributed by atoms with Gasteiger partial charge in [-0.15, -0.1) is 0 Å². The Morgan fingerprint density at radius 1 is 1.23 bits per heavy atom. The van der Waals surface area contributed by atoms with Crippen LogP contribution in [0.1, 0.15) is 25.3 Å². The minimum atomic E-state index is -1.37. The third-order valence-corrected chi connectivity index (χ3v) is 7.90. The van der Waals surface area contributed by atoms with Crippen molar-refractivity contribution in [2.24, 2.45) is 11.8 Å². The molecule has 186 valence electrons. The average Bonchev–Trinajstić information content (AvgIpc) is 3.20. The van der Waals surface area contributed by atoms with Crippen LogP contribution in [0.4, 0.5) is 5.69 Å². The number of aryl methyl sites for hydroxylation is 1. The normalized spacial score (nSPS) is 33.0. The fourth-order valence-corrected chi connectivity index (χ4v) is 6.34. The van der Waals surface area contributed by atoms with Crippen LogP contribution in [0, 0.1) is 18.8 Å². The molecule has 9 heteroatoms. The number of cyclic esters (lactones) is 1. The maximum Gasteiger partial charge on any atom is 0.312 e. The number of carbonyl (C=O) groups excluding carboxylic acids is 3. The largest absolute Gasteiger partial charge is 0.465 e. The van der Waals surface area contributed by atoms with Crippen LogP contribution in [0.5, 0.6) is 0 Å². The molecule has 6 atom stereocenters. The first-order chi connectivity index (χ1) is 16.9. The van der Waals surface area contributed by atoms with Gasteiger partial charge in [-0.25, -0.2) is 0 Å². The van der Waals surface area contributed by atoms with Gasteiger partial charge < -0.3 is 24.4 Å². The minimum absolute atomic E-state index is 0.224. The summed E-state index contributed by atoms with van der Waals surface area (Å²) in [5.74, 6) is -3.07. The van der Waals surface area contributed by atoms with E-state index in [0.29, 0.717) is 23.6 Å². The first-order valence-corrected chi connectivity index (χ1v) is 12.4. The molecule has 35 heavy (non-hydrogen) atoms. The maximum atomic E-state index is 14.3. The molecule has 4 aliphatic rings. The number of aliphatic hydroxyl groups is 1. The second-order valence-electron chi connectivity index (χ2n) is 9.47. The van der Waals surface area contributed by atoms with Gasteiger partial charge in [0.1, 0.15) is 17.6 Å². The van der Waals surface area contributed by atoms with Crippen LogP contribution in [0.3, 0.4) is 0 Å². The van der Waals surface area contributed by atoms with E-state index in [2.05, 4.69) is 0 Å². The van der Waals surface area contributed by atoms with Gasteiger partial charge in [0.15, 0.2) is 0 Å². The SMILES string of the molecule is CC[C@@H](CO)N1C(=O)[C@@H]2[C@@H]3C(=O)OCCC=C[C@@H]3O[C@@]23C=CCN(c2c(C)cccc2Cl)C(=O)C13. The number of rotatable bonds is 4. The first-order valence-electron chi connectivity index (χ1n) is 12.0. The summed E-state index contributed by atoms with van der Waals surface area (Å²) in [6, 6.07) is 3.73. The lowest BCUT2D eigenvalue weighted by atomic mass is 9.77. The van der Waals surface area contributed by atoms with Crippen molar-refractivity contribution in [2.75, 3.05) is 24.7 Å². The van der Waals surface area contributed by atoms with Gasteiger partial charge >= 0.3 is 5.97 Å². The molecule has 0 bridgehead atoms. The molecule has 1 unspecified atom stereocenters. The summed E-state index contributed by atoms with van der Waals surface area (Å²) in [6.45, 7) is 3.85. The number of amides is 2. The second kappa shape index (κ2) is 9.08. The van der Waals surface area contributed by atoms with Crippen molar-refractivity contribution in [1.29, 1.82) is 0 Å². The van der Waals surface area contributed by atoms with Crippen LogP contribution in [0.15, 0.2) is 42.5 Å². The highest BCUT2D eigenvalue weighted by atomic mass is 35.5. The molecule has 8 nitrogen and oxygen atoms in total. The molecular weight excluding hydrogens is 472 g/mol. The van der Waals surface area contributed by atoms with Gasteiger partial charge in [0.05, 0.1) is 42.0 Å². The highest BCUT2D eigenvalue weighted by molar-refractivity contribution is 6.34. The van der Waals surface area contributed by atoms with E-state index in [-0.39, 0.29) is 31.6 Å². The Labute approximate surface area is 209 Å². The third kappa shape index (κ3) is 3.53. The fourth-order valence-electron chi connectivity index (χ4n) is 6.02. The number of esters is 1. The molecule has 0 aromatic heterocycles. The number of benzene rings is 1. The van der Waals surface area contributed by atoms with E-state index in [4.69, 9.17) is 21.1 Å². The number of para-hydroxylation sites is 1. The number of aliphatic hydroxyl groups excluding tert-OH is 1. The molecule has 1 aromatic carbocycles. The third-order valence-electron chi connectivity index (χ3n) is 7.59. The Bertz CT molecular complexity index is 1090. The number of halogens is 1. The zero-order valence-electron chi connectivity index (χ0n) is 19.7. The van der Waals surface area contributed by atoms with E-state index >= 15 is 0 Å². The van der Waals surface area contributed by atoms with Crippen molar-refractivity contribution in [3.63, 3.8) is 0 Å². The molecule has 4 heterocycles. The molecule has 0 aliphatic carbocycles. The molecular formula is C26H29ClN2O6. The highest BCUT2D eigenvalue weighted by Crippen LogP contribution is 2.54. The molecule has 4 aliphatic heterocycles. The lowest BCUT2D eigenvalue weighted by molar-refractivity contribution is -0.155. The highest BCUT2D eigenvalue weighted by Gasteiger charge is 2.72. The number of anilines is 1. The van der Waals surface area contributed by atoms with E-state index < -0.39 is 41.6 Å². The molecule has 2 fully saturated rings. The Morgan fingerprint density at radius 3 is 2.74 bits per heavy atom.